The number of rotatable bonds is 7. The van der Waals surface area contributed by atoms with E-state index in [1.54, 1.807) is 29.5 Å². The lowest BCUT2D eigenvalue weighted by Crippen LogP contribution is -2.22. The summed E-state index contributed by atoms with van der Waals surface area (Å²) in [5.74, 6) is 0. The van der Waals surface area contributed by atoms with Crippen LogP contribution in [-0.2, 0) is 13.9 Å². The van der Waals surface area contributed by atoms with Gasteiger partial charge in [-0.2, -0.15) is 0 Å². The van der Waals surface area contributed by atoms with Crippen LogP contribution in [0.15, 0.2) is 0 Å². The third-order valence-corrected chi connectivity index (χ3v) is 3.78. The topological polar surface area (TPSA) is 63.6 Å². The van der Waals surface area contributed by atoms with Crippen LogP contribution in [0.4, 0.5) is 0 Å². The van der Waals surface area contributed by atoms with E-state index in [9.17, 15) is 9.36 Å². The number of hydrogen-bond donors (Lipinski definition) is 1. The predicted octanol–water partition coefficient (Wildman–Crippen LogP) is 2.24. The average molecular weight is 348 g/mol. The molecule has 2 atom stereocenters. The summed E-state index contributed by atoms with van der Waals surface area (Å²) < 4.78 is 16.7. The van der Waals surface area contributed by atoms with Crippen molar-refractivity contribution in [1.82, 2.24) is 0 Å². The molecule has 0 amide bonds. The van der Waals surface area contributed by atoms with Gasteiger partial charge in [-0.25, -0.2) is 0 Å². The van der Waals surface area contributed by atoms with Gasteiger partial charge < -0.3 is 9.63 Å². The zero-order valence-corrected chi connectivity index (χ0v) is 12.4. The highest BCUT2D eigenvalue weighted by Crippen LogP contribution is 2.34. The number of carbonyl (C=O) groups is 1. The van der Waals surface area contributed by atoms with Crippen molar-refractivity contribution < 1.29 is 19.0 Å². The van der Waals surface area contributed by atoms with Crippen molar-refractivity contribution in [2.45, 2.75) is 32.9 Å². The zero-order chi connectivity index (χ0) is 12.1. The second-order valence-corrected chi connectivity index (χ2v) is 7.51. The summed E-state index contributed by atoms with van der Waals surface area (Å²) in [7, 11) is -2.19. The zero-order valence-electron chi connectivity index (χ0n) is 9.25. The predicted molar refractivity (Wildman–Crippen MR) is 68.9 cm³/mol. The molecule has 0 rings (SSSR count). The molecule has 4 nitrogen and oxygen atoms in total. The normalized spacial score (nSPS) is 16.1. The summed E-state index contributed by atoms with van der Waals surface area (Å²) in [4.78, 5) is 10.8. The minimum Gasteiger partial charge on any atom is -0.396 e. The lowest BCUT2D eigenvalue weighted by Gasteiger charge is -2.22. The second-order valence-electron chi connectivity index (χ2n) is 4.39. The first-order valence-electron chi connectivity index (χ1n) is 4.74. The molecule has 90 valence electrons. The number of aliphatic hydroxyl groups excluding tert-OH is 1. The Kier molecular flexibility index (Phi) is 7.25. The highest BCUT2D eigenvalue weighted by Gasteiger charge is 2.21. The van der Waals surface area contributed by atoms with Crippen molar-refractivity contribution in [3.8, 4) is 0 Å². The first-order valence-corrected chi connectivity index (χ1v) is 7.21. The average Bonchev–Trinajstić information content (AvgIpc) is 2.13. The standard InChI is InChI=1S/C9H18IO4P/c1-7(4-8(10)12)15(13)14-6-9(2,3)5-11/h7,11,15H,4-6H2,1-3H3. The molecule has 0 aliphatic heterocycles. The van der Waals surface area contributed by atoms with E-state index in [1.807, 2.05) is 13.8 Å². The van der Waals surface area contributed by atoms with Crippen molar-refractivity contribution in [2.75, 3.05) is 13.2 Å². The molecule has 15 heavy (non-hydrogen) atoms. The molecule has 0 aromatic carbocycles. The summed E-state index contributed by atoms with van der Waals surface area (Å²) in [6, 6.07) is 0. The Hall–Kier alpha value is 0.550. The number of halogens is 1. The van der Waals surface area contributed by atoms with Crippen LogP contribution in [0.2, 0.25) is 0 Å². The maximum Gasteiger partial charge on any atom is 0.194 e. The van der Waals surface area contributed by atoms with Gasteiger partial charge in [-0.15, -0.1) is 0 Å². The Labute approximate surface area is 105 Å². The second kappa shape index (κ2) is 6.99. The molecular formula is C9H18IO4P. The highest BCUT2D eigenvalue weighted by atomic mass is 127. The van der Waals surface area contributed by atoms with Gasteiger partial charge in [-0.1, -0.05) is 20.8 Å². The van der Waals surface area contributed by atoms with E-state index in [1.165, 1.54) is 0 Å². The largest absolute Gasteiger partial charge is 0.396 e. The molecule has 0 aromatic rings. The number of carbonyl (C=O) groups excluding carboxylic acids is 1. The summed E-state index contributed by atoms with van der Waals surface area (Å²) in [5, 5.41) is 8.96. The fourth-order valence-electron chi connectivity index (χ4n) is 0.778. The van der Waals surface area contributed by atoms with Crippen LogP contribution < -0.4 is 0 Å². The molecule has 0 saturated heterocycles. The molecule has 2 unspecified atom stereocenters. The maximum absolute atomic E-state index is 11.6. The molecule has 0 saturated carbocycles. The highest BCUT2D eigenvalue weighted by molar-refractivity contribution is 14.1. The van der Waals surface area contributed by atoms with Gasteiger partial charge in [0.2, 0.25) is 0 Å². The minimum atomic E-state index is -2.19. The Morgan fingerprint density at radius 2 is 2.13 bits per heavy atom. The Balaban J connectivity index is 3.98. The van der Waals surface area contributed by atoms with Crippen LogP contribution in [0.5, 0.6) is 0 Å². The van der Waals surface area contributed by atoms with Crippen LogP contribution >= 0.6 is 30.6 Å². The molecule has 0 spiro atoms. The number of hydrogen-bond acceptors (Lipinski definition) is 4. The van der Waals surface area contributed by atoms with E-state index in [-0.39, 0.29) is 34.5 Å². The van der Waals surface area contributed by atoms with E-state index >= 15 is 0 Å². The van der Waals surface area contributed by atoms with Gasteiger partial charge in [-0.3, -0.25) is 9.36 Å². The van der Waals surface area contributed by atoms with Crippen LogP contribution in [0.3, 0.4) is 0 Å². The van der Waals surface area contributed by atoms with Crippen LogP contribution in [-0.4, -0.2) is 27.8 Å². The monoisotopic (exact) mass is 348 g/mol. The van der Waals surface area contributed by atoms with Gasteiger partial charge in [0.25, 0.3) is 0 Å². The summed E-state index contributed by atoms with van der Waals surface area (Å²) in [5.41, 5.74) is -0.608. The van der Waals surface area contributed by atoms with Crippen LogP contribution in [0.25, 0.3) is 0 Å². The van der Waals surface area contributed by atoms with Crippen LogP contribution in [0.1, 0.15) is 27.2 Å². The third-order valence-electron chi connectivity index (χ3n) is 1.90. The first-order chi connectivity index (χ1) is 6.78. The van der Waals surface area contributed by atoms with E-state index in [0.717, 1.165) is 0 Å². The van der Waals surface area contributed by atoms with Gasteiger partial charge in [0.1, 0.15) is 0 Å². The molecular weight excluding hydrogens is 330 g/mol. The quantitative estimate of drug-likeness (QED) is 0.435. The Morgan fingerprint density at radius 3 is 2.53 bits per heavy atom. The summed E-state index contributed by atoms with van der Waals surface area (Å²) >= 11 is 1.69. The molecule has 0 bridgehead atoms. The molecule has 0 radical (unpaired) electrons. The Bertz CT molecular complexity index is 242. The van der Waals surface area contributed by atoms with Crippen molar-refractivity contribution in [3.63, 3.8) is 0 Å². The van der Waals surface area contributed by atoms with Crippen molar-refractivity contribution in [2.24, 2.45) is 5.41 Å². The lowest BCUT2D eigenvalue weighted by molar-refractivity contribution is -0.109. The molecule has 0 aliphatic rings. The molecule has 0 fully saturated rings. The van der Waals surface area contributed by atoms with E-state index in [4.69, 9.17) is 9.63 Å². The molecule has 0 aromatic heterocycles. The van der Waals surface area contributed by atoms with E-state index in [0.29, 0.717) is 0 Å². The van der Waals surface area contributed by atoms with Crippen molar-refractivity contribution in [3.05, 3.63) is 0 Å². The van der Waals surface area contributed by atoms with E-state index < -0.39 is 8.03 Å². The van der Waals surface area contributed by atoms with Crippen LogP contribution in [0, 0.1) is 5.41 Å². The Morgan fingerprint density at radius 1 is 1.60 bits per heavy atom. The van der Waals surface area contributed by atoms with Gasteiger partial charge in [-0.05, 0) is 22.6 Å². The molecule has 6 heteroatoms. The van der Waals surface area contributed by atoms with Gasteiger partial charge in [0.05, 0.1) is 13.2 Å². The SMILES string of the molecule is CC(CC(=O)I)[PH](=O)OCC(C)(C)CO. The molecule has 0 heterocycles. The van der Waals surface area contributed by atoms with Crippen molar-refractivity contribution in [1.29, 1.82) is 0 Å². The fourth-order valence-corrected chi connectivity index (χ4v) is 3.02. The first kappa shape index (κ1) is 15.6. The van der Waals surface area contributed by atoms with Crippen molar-refractivity contribution >= 4 is 34.4 Å². The third kappa shape index (κ3) is 7.44. The maximum atomic E-state index is 11.6. The fraction of sp³-hybridized carbons (Fsp3) is 0.889. The summed E-state index contributed by atoms with van der Waals surface area (Å²) in [6.07, 6.45) is 0.276. The smallest absolute Gasteiger partial charge is 0.194 e. The lowest BCUT2D eigenvalue weighted by atomic mass is 9.97. The molecule has 1 N–H and O–H groups in total. The van der Waals surface area contributed by atoms with Gasteiger partial charge in [0.15, 0.2) is 11.8 Å². The minimum absolute atomic E-state index is 0.0107. The van der Waals surface area contributed by atoms with Gasteiger partial charge in [0, 0.05) is 17.5 Å². The summed E-state index contributed by atoms with van der Waals surface area (Å²) in [6.45, 7) is 5.64. The van der Waals surface area contributed by atoms with E-state index in [2.05, 4.69) is 0 Å². The number of aliphatic hydroxyl groups is 1. The van der Waals surface area contributed by atoms with Gasteiger partial charge >= 0.3 is 0 Å². The molecule has 0 aliphatic carbocycles.